The van der Waals surface area contributed by atoms with E-state index in [1.807, 2.05) is 12.1 Å². The molecule has 0 radical (unpaired) electrons. The molecule has 120 valence electrons. The van der Waals surface area contributed by atoms with Crippen molar-refractivity contribution >= 4 is 34.8 Å². The van der Waals surface area contributed by atoms with Crippen LogP contribution in [0.15, 0.2) is 48.5 Å². The summed E-state index contributed by atoms with van der Waals surface area (Å²) in [5.74, 6) is 0.254. The van der Waals surface area contributed by atoms with Crippen molar-refractivity contribution in [2.45, 2.75) is 13.3 Å². The van der Waals surface area contributed by atoms with Crippen LogP contribution in [0, 0.1) is 0 Å². The van der Waals surface area contributed by atoms with Gasteiger partial charge in [-0.15, -0.1) is 0 Å². The van der Waals surface area contributed by atoms with Gasteiger partial charge in [-0.05, 0) is 36.4 Å². The molecule has 0 saturated carbocycles. The van der Waals surface area contributed by atoms with Gasteiger partial charge in [0.25, 0.3) is 0 Å². The van der Waals surface area contributed by atoms with Crippen LogP contribution in [0.2, 0.25) is 5.02 Å². The van der Waals surface area contributed by atoms with Crippen molar-refractivity contribution in [3.05, 3.63) is 53.6 Å². The Balaban J connectivity index is 1.78. The number of hydrogen-bond donors (Lipinski definition) is 2. The minimum absolute atomic E-state index is 0.140. The lowest BCUT2D eigenvalue weighted by atomic mass is 10.2. The van der Waals surface area contributed by atoms with Gasteiger partial charge in [-0.1, -0.05) is 23.7 Å². The third-order valence-corrected chi connectivity index (χ3v) is 3.22. The molecule has 0 aliphatic rings. The summed E-state index contributed by atoms with van der Waals surface area (Å²) < 4.78 is 5.47. The first kappa shape index (κ1) is 16.8. The molecule has 0 aromatic heterocycles. The number of carbonyl (C=O) groups excluding carboxylic acids is 2. The van der Waals surface area contributed by atoms with Crippen LogP contribution in [0.1, 0.15) is 13.3 Å². The van der Waals surface area contributed by atoms with Crippen LogP contribution in [0.4, 0.5) is 11.4 Å². The van der Waals surface area contributed by atoms with Crippen LogP contribution < -0.4 is 15.4 Å². The van der Waals surface area contributed by atoms with Crippen LogP contribution in [0.25, 0.3) is 0 Å². The van der Waals surface area contributed by atoms with Crippen molar-refractivity contribution in [1.29, 1.82) is 0 Å². The summed E-state index contributed by atoms with van der Waals surface area (Å²) in [5, 5.41) is 5.93. The standard InChI is InChI=1S/C17H17ClN2O3/c1-12(21)19-13-6-8-14(9-7-13)20-17(22)10-11-23-16-5-3-2-4-15(16)18/h2-9H,10-11H2,1H3,(H,19,21)(H,20,22). The van der Waals surface area contributed by atoms with Gasteiger partial charge in [0.05, 0.1) is 18.1 Å². The van der Waals surface area contributed by atoms with E-state index >= 15 is 0 Å². The highest BCUT2D eigenvalue weighted by Gasteiger charge is 2.05. The number of hydrogen-bond acceptors (Lipinski definition) is 3. The Bertz CT molecular complexity index is 686. The number of para-hydroxylation sites is 1. The van der Waals surface area contributed by atoms with Gasteiger partial charge >= 0.3 is 0 Å². The molecule has 2 amide bonds. The van der Waals surface area contributed by atoms with E-state index in [9.17, 15) is 9.59 Å². The predicted octanol–water partition coefficient (Wildman–Crippen LogP) is 3.71. The zero-order valence-electron chi connectivity index (χ0n) is 12.6. The Labute approximate surface area is 139 Å². The quantitative estimate of drug-likeness (QED) is 0.847. The fraction of sp³-hybridized carbons (Fsp3) is 0.176. The van der Waals surface area contributed by atoms with Gasteiger partial charge in [-0.2, -0.15) is 0 Å². The summed E-state index contributed by atoms with van der Waals surface area (Å²) >= 11 is 5.96. The third kappa shape index (κ3) is 5.64. The molecule has 2 rings (SSSR count). The van der Waals surface area contributed by atoms with Crippen LogP contribution in [0.5, 0.6) is 5.75 Å². The molecule has 0 atom stereocenters. The second-order valence-electron chi connectivity index (χ2n) is 4.84. The fourth-order valence-corrected chi connectivity index (χ4v) is 2.07. The van der Waals surface area contributed by atoms with Crippen molar-refractivity contribution in [1.82, 2.24) is 0 Å². The zero-order valence-corrected chi connectivity index (χ0v) is 13.4. The van der Waals surface area contributed by atoms with E-state index in [-0.39, 0.29) is 24.8 Å². The van der Waals surface area contributed by atoms with Crippen molar-refractivity contribution < 1.29 is 14.3 Å². The smallest absolute Gasteiger partial charge is 0.227 e. The molecule has 5 nitrogen and oxygen atoms in total. The topological polar surface area (TPSA) is 67.4 Å². The summed E-state index contributed by atoms with van der Waals surface area (Å²) in [5.41, 5.74) is 1.33. The molecule has 2 N–H and O–H groups in total. The van der Waals surface area contributed by atoms with Crippen molar-refractivity contribution in [3.8, 4) is 5.75 Å². The van der Waals surface area contributed by atoms with Crippen LogP contribution >= 0.6 is 11.6 Å². The van der Waals surface area contributed by atoms with Gasteiger partial charge < -0.3 is 15.4 Å². The monoisotopic (exact) mass is 332 g/mol. The Morgan fingerprint density at radius 2 is 1.61 bits per heavy atom. The Morgan fingerprint density at radius 3 is 2.22 bits per heavy atom. The molecular weight excluding hydrogens is 316 g/mol. The normalized spacial score (nSPS) is 10.0. The highest BCUT2D eigenvalue weighted by atomic mass is 35.5. The summed E-state index contributed by atoms with van der Waals surface area (Å²) in [6.07, 6.45) is 0.207. The number of anilines is 2. The molecule has 0 heterocycles. The number of benzene rings is 2. The van der Waals surface area contributed by atoms with Crippen LogP contribution in [-0.2, 0) is 9.59 Å². The molecular formula is C17H17ClN2O3. The minimum atomic E-state index is -0.163. The molecule has 6 heteroatoms. The largest absolute Gasteiger partial charge is 0.491 e. The summed E-state index contributed by atoms with van der Waals surface area (Å²) in [6, 6.07) is 14.0. The third-order valence-electron chi connectivity index (χ3n) is 2.91. The average molecular weight is 333 g/mol. The summed E-state index contributed by atoms with van der Waals surface area (Å²) in [6.45, 7) is 1.67. The summed E-state index contributed by atoms with van der Waals surface area (Å²) in [4.78, 5) is 22.8. The fourth-order valence-electron chi connectivity index (χ4n) is 1.88. The Morgan fingerprint density at radius 1 is 1.00 bits per heavy atom. The van der Waals surface area contributed by atoms with Gasteiger partial charge in [0.15, 0.2) is 0 Å². The highest BCUT2D eigenvalue weighted by Crippen LogP contribution is 2.23. The number of halogens is 1. The molecule has 23 heavy (non-hydrogen) atoms. The van der Waals surface area contributed by atoms with Gasteiger partial charge in [0, 0.05) is 18.3 Å². The predicted molar refractivity (Wildman–Crippen MR) is 90.9 cm³/mol. The Hall–Kier alpha value is -2.53. The molecule has 0 spiro atoms. The minimum Gasteiger partial charge on any atom is -0.491 e. The highest BCUT2D eigenvalue weighted by molar-refractivity contribution is 6.32. The van der Waals surface area contributed by atoms with E-state index in [1.54, 1.807) is 36.4 Å². The average Bonchev–Trinajstić information content (AvgIpc) is 2.51. The first-order valence-corrected chi connectivity index (χ1v) is 7.47. The lowest BCUT2D eigenvalue weighted by Gasteiger charge is -2.09. The Kier molecular flexibility index (Phi) is 6.00. The number of rotatable bonds is 6. The zero-order chi connectivity index (χ0) is 16.7. The second kappa shape index (κ2) is 8.19. The lowest BCUT2D eigenvalue weighted by Crippen LogP contribution is -2.15. The van der Waals surface area contributed by atoms with Crippen molar-refractivity contribution in [3.63, 3.8) is 0 Å². The van der Waals surface area contributed by atoms with Crippen molar-refractivity contribution in [2.24, 2.45) is 0 Å². The molecule has 0 aliphatic carbocycles. The van der Waals surface area contributed by atoms with Crippen molar-refractivity contribution in [2.75, 3.05) is 17.2 Å². The molecule has 0 saturated heterocycles. The maximum absolute atomic E-state index is 11.9. The first-order valence-electron chi connectivity index (χ1n) is 7.09. The lowest BCUT2D eigenvalue weighted by molar-refractivity contribution is -0.116. The van der Waals surface area contributed by atoms with Gasteiger partial charge in [0.2, 0.25) is 11.8 Å². The van der Waals surface area contributed by atoms with E-state index in [0.717, 1.165) is 0 Å². The number of carbonyl (C=O) groups is 2. The van der Waals surface area contributed by atoms with Crippen LogP contribution in [-0.4, -0.2) is 18.4 Å². The van der Waals surface area contributed by atoms with Gasteiger partial charge in [-0.3, -0.25) is 9.59 Å². The number of nitrogens with one attached hydrogen (secondary N) is 2. The molecule has 0 fully saturated rings. The molecule has 0 bridgehead atoms. The van der Waals surface area contributed by atoms with Crippen LogP contribution in [0.3, 0.4) is 0 Å². The molecule has 2 aromatic carbocycles. The maximum Gasteiger partial charge on any atom is 0.227 e. The van der Waals surface area contributed by atoms with Gasteiger partial charge in [-0.25, -0.2) is 0 Å². The van der Waals surface area contributed by atoms with Gasteiger partial charge in [0.1, 0.15) is 5.75 Å². The number of ether oxygens (including phenoxy) is 1. The van der Waals surface area contributed by atoms with E-state index in [4.69, 9.17) is 16.3 Å². The molecule has 0 aliphatic heterocycles. The number of amides is 2. The second-order valence-corrected chi connectivity index (χ2v) is 5.24. The van der Waals surface area contributed by atoms with E-state index in [2.05, 4.69) is 10.6 Å². The van der Waals surface area contributed by atoms with E-state index in [0.29, 0.717) is 22.1 Å². The molecule has 0 unspecified atom stereocenters. The maximum atomic E-state index is 11.9. The van der Waals surface area contributed by atoms with E-state index < -0.39 is 0 Å². The molecule has 2 aromatic rings. The SMILES string of the molecule is CC(=O)Nc1ccc(NC(=O)CCOc2ccccc2Cl)cc1. The summed E-state index contributed by atoms with van der Waals surface area (Å²) in [7, 11) is 0. The first-order chi connectivity index (χ1) is 11.0. The van der Waals surface area contributed by atoms with E-state index in [1.165, 1.54) is 6.92 Å².